The fraction of sp³-hybridized carbons (Fsp3) is 0.528. The Morgan fingerprint density at radius 1 is 0.596 bits per heavy atom. The van der Waals surface area contributed by atoms with Gasteiger partial charge in [0.25, 0.3) is 0 Å². The molecule has 57 heavy (non-hydrogen) atoms. The summed E-state index contributed by atoms with van der Waals surface area (Å²) < 4.78 is 61.7. The van der Waals surface area contributed by atoms with Gasteiger partial charge in [-0.1, -0.05) is 12.1 Å². The maximum atomic E-state index is 13.6. The smallest absolute Gasteiger partial charge is 0.305 e. The number of benzene rings is 1. The average Bonchev–Trinajstić information content (AvgIpc) is 3.08. The van der Waals surface area contributed by atoms with Gasteiger partial charge in [0.05, 0.1) is 11.5 Å². The summed E-state index contributed by atoms with van der Waals surface area (Å²) >= 11 is 0. The number of hydrogen-bond donors (Lipinski definition) is 1. The first-order valence-electron chi connectivity index (χ1n) is 17.2. The van der Waals surface area contributed by atoms with E-state index in [0.29, 0.717) is 0 Å². The molecule has 0 spiro atoms. The van der Waals surface area contributed by atoms with Gasteiger partial charge in [0.2, 0.25) is 30.8 Å². The van der Waals surface area contributed by atoms with Gasteiger partial charge in [-0.2, -0.15) is 0 Å². The molecule has 1 aromatic rings. The third-order valence-electron chi connectivity index (χ3n) is 8.20. The molecule has 3 aliphatic rings. The highest BCUT2D eigenvalue weighted by Crippen LogP contribution is 2.39. The molecule has 0 radical (unpaired) electrons. The van der Waals surface area contributed by atoms with E-state index in [1.807, 2.05) is 0 Å². The van der Waals surface area contributed by atoms with Gasteiger partial charge in [-0.3, -0.25) is 43.2 Å². The van der Waals surface area contributed by atoms with Crippen LogP contribution in [0.25, 0.3) is 0 Å². The highest BCUT2D eigenvalue weighted by Gasteiger charge is 2.58. The maximum Gasteiger partial charge on any atom is 0.305 e. The lowest BCUT2D eigenvalue weighted by molar-refractivity contribution is -0.375. The summed E-state index contributed by atoms with van der Waals surface area (Å²) in [6.07, 6.45) is -15.2. The largest absolute Gasteiger partial charge is 0.507 e. The Kier molecular flexibility index (Phi) is 14.4. The van der Waals surface area contributed by atoms with E-state index < -0.39 is 139 Å². The molecule has 0 bridgehead atoms. The first kappa shape index (κ1) is 43.8. The molecule has 0 aromatic heterocycles. The predicted molar refractivity (Wildman–Crippen MR) is 179 cm³/mol. The van der Waals surface area contributed by atoms with Crippen molar-refractivity contribution in [2.45, 2.75) is 104 Å². The lowest BCUT2D eigenvalue weighted by atomic mass is 9.89. The van der Waals surface area contributed by atoms with E-state index in [2.05, 4.69) is 0 Å². The topological polar surface area (TPSA) is 275 Å². The first-order chi connectivity index (χ1) is 26.8. The number of allylic oxidation sites excluding steroid dienone is 2. The number of carbonyl (C=O) groups excluding carboxylic acids is 9. The number of aromatic hydroxyl groups is 1. The van der Waals surface area contributed by atoms with Gasteiger partial charge < -0.3 is 57.2 Å². The van der Waals surface area contributed by atoms with Crippen molar-refractivity contribution >= 4 is 53.4 Å². The third kappa shape index (κ3) is 11.1. The van der Waals surface area contributed by atoms with Gasteiger partial charge >= 0.3 is 41.8 Å². The summed E-state index contributed by atoms with van der Waals surface area (Å²) in [6, 6.07) is 3.83. The third-order valence-corrected chi connectivity index (χ3v) is 8.20. The normalized spacial score (nSPS) is 28.0. The predicted octanol–water partition coefficient (Wildman–Crippen LogP) is 0.497. The lowest BCUT2D eigenvalue weighted by Gasteiger charge is -2.48. The van der Waals surface area contributed by atoms with Crippen LogP contribution in [0.5, 0.6) is 5.75 Å². The Bertz CT molecular complexity index is 1820. The maximum absolute atomic E-state index is 13.6. The summed E-state index contributed by atoms with van der Waals surface area (Å²) in [6.45, 7) is 5.59. The number of hydrogen-bond acceptors (Lipinski definition) is 21. The van der Waals surface area contributed by atoms with E-state index in [4.69, 9.17) is 52.1 Å². The van der Waals surface area contributed by atoms with Crippen LogP contribution in [0.3, 0.4) is 0 Å². The number of carbonyl (C=O) groups is 9. The zero-order chi connectivity index (χ0) is 42.3. The van der Waals surface area contributed by atoms with Crippen molar-refractivity contribution in [3.8, 4) is 5.75 Å². The van der Waals surface area contributed by atoms with Gasteiger partial charge in [0, 0.05) is 60.1 Å². The van der Waals surface area contributed by atoms with Crippen molar-refractivity contribution in [2.24, 2.45) is 5.92 Å². The summed E-state index contributed by atoms with van der Waals surface area (Å²) in [5, 5.41) is 10.4. The summed E-state index contributed by atoms with van der Waals surface area (Å²) in [5.41, 5.74) is -0.513. The number of fused-ring (bicyclic) bond motifs is 1. The van der Waals surface area contributed by atoms with Crippen molar-refractivity contribution in [3.63, 3.8) is 0 Å². The molecule has 0 amide bonds. The number of rotatable bonds is 13. The number of phenols is 1. The quantitative estimate of drug-likeness (QED) is 0.210. The summed E-state index contributed by atoms with van der Waals surface area (Å²) in [5.74, 6) is -10.9. The van der Waals surface area contributed by atoms with Crippen molar-refractivity contribution in [1.82, 2.24) is 0 Å². The van der Waals surface area contributed by atoms with Crippen LogP contribution in [0, 0.1) is 5.92 Å². The van der Waals surface area contributed by atoms with Crippen LogP contribution in [0.4, 0.5) is 0 Å². The second-order valence-electron chi connectivity index (χ2n) is 12.7. The standard InChI is InChI=1S/C36H40O21/c1-14(37)47-12-22-29(49-16(3)39)30(56-36-33(52-19(6)42)31(50-17(4)40)32(51-18(5)41)35(57-36)53-20(7)43)26(13-48-15(2)38)55-34(22)54-25-11-24(45)21-9-8-10-23(44)27(21)28(25)46/h8-11,22,26,29-36,44H,12-13H2,1-7H3/t22-,26-,29-,30-,31+,32+,33-,34-,35+,36?/m1/s1. The van der Waals surface area contributed by atoms with Crippen LogP contribution in [-0.2, 0) is 85.7 Å². The Morgan fingerprint density at radius 2 is 1.12 bits per heavy atom. The molecular weight excluding hydrogens is 768 g/mol. The van der Waals surface area contributed by atoms with Crippen LogP contribution >= 0.6 is 0 Å². The molecule has 310 valence electrons. The van der Waals surface area contributed by atoms with Crippen molar-refractivity contribution in [2.75, 3.05) is 13.2 Å². The van der Waals surface area contributed by atoms with E-state index in [1.54, 1.807) is 0 Å². The van der Waals surface area contributed by atoms with E-state index in [0.717, 1.165) is 54.5 Å². The van der Waals surface area contributed by atoms with Crippen molar-refractivity contribution in [1.29, 1.82) is 0 Å². The fourth-order valence-electron chi connectivity index (χ4n) is 6.15. The second-order valence-corrected chi connectivity index (χ2v) is 12.7. The summed E-state index contributed by atoms with van der Waals surface area (Å²) in [7, 11) is 0. The van der Waals surface area contributed by atoms with Crippen molar-refractivity contribution < 1.29 is 100 Å². The van der Waals surface area contributed by atoms with Crippen LogP contribution in [0.15, 0.2) is 30.0 Å². The molecular formula is C36H40O21. The molecule has 10 atom stereocenters. The highest BCUT2D eigenvalue weighted by molar-refractivity contribution is 6.24. The van der Waals surface area contributed by atoms with Crippen LogP contribution in [0.2, 0.25) is 0 Å². The highest BCUT2D eigenvalue weighted by atomic mass is 16.8. The van der Waals surface area contributed by atoms with Crippen molar-refractivity contribution in [3.05, 3.63) is 41.2 Å². The molecule has 21 nitrogen and oxygen atoms in total. The molecule has 2 aliphatic heterocycles. The zero-order valence-corrected chi connectivity index (χ0v) is 31.6. The van der Waals surface area contributed by atoms with Gasteiger partial charge in [-0.15, -0.1) is 0 Å². The van der Waals surface area contributed by atoms with Gasteiger partial charge in [0.1, 0.15) is 37.3 Å². The van der Waals surface area contributed by atoms with Gasteiger partial charge in [0.15, 0.2) is 23.8 Å². The minimum absolute atomic E-state index is 0.128. The molecule has 4 rings (SSSR count). The molecule has 1 N–H and O–H groups in total. The van der Waals surface area contributed by atoms with E-state index in [1.165, 1.54) is 18.2 Å². The molecule has 1 aromatic carbocycles. The Morgan fingerprint density at radius 3 is 1.68 bits per heavy atom. The fourth-order valence-corrected chi connectivity index (χ4v) is 6.15. The number of esters is 7. The molecule has 2 saturated heterocycles. The first-order valence-corrected chi connectivity index (χ1v) is 17.2. The minimum Gasteiger partial charge on any atom is -0.507 e. The van der Waals surface area contributed by atoms with Crippen LogP contribution in [0.1, 0.15) is 69.2 Å². The van der Waals surface area contributed by atoms with E-state index in [9.17, 15) is 48.3 Å². The molecule has 0 saturated carbocycles. The molecule has 1 unspecified atom stereocenters. The van der Waals surface area contributed by atoms with E-state index >= 15 is 0 Å². The number of Topliss-reactive ketones (excluding diaryl/α,β-unsaturated/α-hetero) is 1. The molecule has 2 fully saturated rings. The minimum atomic E-state index is -1.98. The van der Waals surface area contributed by atoms with Gasteiger partial charge in [-0.25, -0.2) is 0 Å². The van der Waals surface area contributed by atoms with Crippen LogP contribution < -0.4 is 0 Å². The Labute approximate surface area is 323 Å². The second kappa shape index (κ2) is 18.8. The Balaban J connectivity index is 1.84. The Hall–Kier alpha value is -5.93. The number of phenolic OH excluding ortho intramolecular Hbond substituents is 1. The lowest BCUT2D eigenvalue weighted by Crippen LogP contribution is -2.66. The SMILES string of the molecule is CC(=O)OC[C@H]1[C@H](OC2=CC(=O)c3cccc(O)c3C2=O)O[C@H](COC(C)=O)[C@@H](OC2O[C@H](OC(C)=O)[C@@H](OC(C)=O)[C@H](OC(C)=O)[C@H]2OC(C)=O)[C@@H]1OC(C)=O. The number of ether oxygens (including phenoxy) is 11. The van der Waals surface area contributed by atoms with Gasteiger partial charge in [-0.05, 0) is 6.07 Å². The molecule has 1 aliphatic carbocycles. The van der Waals surface area contributed by atoms with E-state index in [-0.39, 0.29) is 11.1 Å². The molecule has 2 heterocycles. The zero-order valence-electron chi connectivity index (χ0n) is 31.6. The number of ketones is 2. The van der Waals surface area contributed by atoms with Crippen LogP contribution in [-0.4, -0.2) is 127 Å². The summed E-state index contributed by atoms with van der Waals surface area (Å²) in [4.78, 5) is 113. The molecule has 21 heteroatoms. The monoisotopic (exact) mass is 808 g/mol. The average molecular weight is 809 g/mol.